The average Bonchev–Trinajstić information content (AvgIpc) is 2.67. The number of likely N-dealkylation sites (tertiary alicyclic amines) is 1. The maximum atomic E-state index is 12.6. The van der Waals surface area contributed by atoms with Crippen LogP contribution in [0.1, 0.15) is 40.5 Å². The van der Waals surface area contributed by atoms with Gasteiger partial charge in [-0.3, -0.25) is 14.3 Å². The highest BCUT2D eigenvalue weighted by atomic mass is 32.2. The van der Waals surface area contributed by atoms with E-state index in [1.54, 1.807) is 0 Å². The number of nitrogens with one attached hydrogen (secondary N) is 2. The van der Waals surface area contributed by atoms with Gasteiger partial charge in [0.05, 0.1) is 6.26 Å². The molecule has 7 nitrogen and oxygen atoms in total. The molecule has 2 N–H and O–H groups in total. The molecule has 1 unspecified atom stereocenters. The molecule has 0 aromatic rings. The molecule has 0 spiro atoms. The molecule has 0 aromatic carbocycles. The van der Waals surface area contributed by atoms with E-state index >= 15 is 0 Å². The van der Waals surface area contributed by atoms with E-state index in [-0.39, 0.29) is 6.04 Å². The lowest BCUT2D eigenvalue weighted by Crippen LogP contribution is -2.58. The summed E-state index contributed by atoms with van der Waals surface area (Å²) in [6.45, 7) is 9.17. The third kappa shape index (κ3) is 4.08. The first-order chi connectivity index (χ1) is 10.9. The van der Waals surface area contributed by atoms with Crippen LogP contribution >= 0.6 is 0 Å². The Morgan fingerprint density at radius 1 is 1.08 bits per heavy atom. The maximum Gasteiger partial charge on any atom is 0.248 e. The van der Waals surface area contributed by atoms with Gasteiger partial charge in [-0.2, -0.15) is 0 Å². The van der Waals surface area contributed by atoms with Crippen LogP contribution in [0.15, 0.2) is 0 Å². The summed E-state index contributed by atoms with van der Waals surface area (Å²) in [5, 5.41) is 3.03. The number of carbonyl (C=O) groups is 2. The molecule has 3 atom stereocenters. The van der Waals surface area contributed by atoms with Gasteiger partial charge >= 0.3 is 0 Å². The van der Waals surface area contributed by atoms with Crippen molar-refractivity contribution in [3.8, 4) is 0 Å². The smallest absolute Gasteiger partial charge is 0.248 e. The molecule has 138 valence electrons. The second kappa shape index (κ2) is 6.63. The minimum atomic E-state index is -3.69. The highest BCUT2D eigenvalue weighted by Crippen LogP contribution is 2.38. The van der Waals surface area contributed by atoms with E-state index in [2.05, 4.69) is 24.1 Å². The summed E-state index contributed by atoms with van der Waals surface area (Å²) in [4.78, 5) is 27.2. The Labute approximate surface area is 144 Å². The molecule has 8 heteroatoms. The quantitative estimate of drug-likeness (QED) is 0.690. The normalized spacial score (nSPS) is 28.0. The third-order valence-corrected chi connectivity index (χ3v) is 5.86. The molecule has 1 saturated carbocycles. The Morgan fingerprint density at radius 3 is 2.00 bits per heavy atom. The number of fused-ring (bicyclic) bond motifs is 2. The van der Waals surface area contributed by atoms with Crippen LogP contribution in [-0.2, 0) is 19.6 Å². The van der Waals surface area contributed by atoms with Crippen molar-refractivity contribution in [1.82, 2.24) is 14.9 Å². The van der Waals surface area contributed by atoms with Crippen LogP contribution in [0.2, 0.25) is 0 Å². The van der Waals surface area contributed by atoms with Crippen LogP contribution in [0.5, 0.6) is 0 Å². The number of sulfonamides is 1. The minimum absolute atomic E-state index is 0.0674. The van der Waals surface area contributed by atoms with E-state index < -0.39 is 27.3 Å². The Balaban J connectivity index is 2.03. The zero-order chi connectivity index (χ0) is 18.3. The summed E-state index contributed by atoms with van der Waals surface area (Å²) in [5.74, 6) is -0.425. The van der Waals surface area contributed by atoms with Gasteiger partial charge in [-0.15, -0.1) is 0 Å². The van der Waals surface area contributed by atoms with Crippen molar-refractivity contribution in [3.63, 3.8) is 0 Å². The van der Waals surface area contributed by atoms with Gasteiger partial charge in [0.15, 0.2) is 0 Å². The van der Waals surface area contributed by atoms with Gasteiger partial charge in [0.2, 0.25) is 21.8 Å². The average molecular weight is 359 g/mol. The van der Waals surface area contributed by atoms with Crippen LogP contribution in [0.25, 0.3) is 0 Å². The van der Waals surface area contributed by atoms with Crippen molar-refractivity contribution >= 4 is 21.8 Å². The van der Waals surface area contributed by atoms with E-state index in [0.29, 0.717) is 17.9 Å². The topological polar surface area (TPSA) is 95.6 Å². The number of hydrogen-bond donors (Lipinski definition) is 2. The third-order valence-electron chi connectivity index (χ3n) is 5.30. The van der Waals surface area contributed by atoms with Gasteiger partial charge in [0.25, 0.3) is 0 Å². The van der Waals surface area contributed by atoms with Gasteiger partial charge in [0.1, 0.15) is 5.41 Å². The molecule has 2 fully saturated rings. The Hall–Kier alpha value is -1.15. The molecule has 1 aliphatic heterocycles. The molecule has 0 aromatic heterocycles. The van der Waals surface area contributed by atoms with Crippen molar-refractivity contribution in [2.45, 2.75) is 52.6 Å². The Bertz CT molecular complexity index is 601. The van der Waals surface area contributed by atoms with Crippen molar-refractivity contribution in [2.75, 3.05) is 19.3 Å². The summed E-state index contributed by atoms with van der Waals surface area (Å²) < 4.78 is 24.4. The van der Waals surface area contributed by atoms with E-state index in [0.717, 1.165) is 32.2 Å². The van der Waals surface area contributed by atoms with Gasteiger partial charge in [-0.05, 0) is 52.4 Å². The number of rotatable bonds is 5. The Kier molecular flexibility index (Phi) is 5.30. The number of amides is 2. The van der Waals surface area contributed by atoms with Gasteiger partial charge in [-0.25, -0.2) is 8.42 Å². The molecule has 2 amide bonds. The summed E-state index contributed by atoms with van der Waals surface area (Å²) in [5.41, 5.74) is -1.43. The minimum Gasteiger partial charge on any atom is -0.352 e. The Morgan fingerprint density at radius 2 is 1.58 bits per heavy atom. The van der Waals surface area contributed by atoms with Crippen molar-refractivity contribution in [1.29, 1.82) is 0 Å². The fourth-order valence-corrected chi connectivity index (χ4v) is 4.24. The van der Waals surface area contributed by atoms with Crippen LogP contribution in [0.4, 0.5) is 0 Å². The predicted octanol–water partition coefficient (Wildman–Crippen LogP) is 0.323. The molecule has 2 bridgehead atoms. The van der Waals surface area contributed by atoms with Crippen LogP contribution in [-0.4, -0.2) is 56.6 Å². The summed E-state index contributed by atoms with van der Waals surface area (Å²) in [6, 6.07) is 0.555. The first-order valence-electron chi connectivity index (χ1n) is 8.49. The molecule has 0 radical (unpaired) electrons. The van der Waals surface area contributed by atoms with Crippen molar-refractivity contribution in [3.05, 3.63) is 0 Å². The monoisotopic (exact) mass is 359 g/mol. The largest absolute Gasteiger partial charge is 0.352 e. The highest BCUT2D eigenvalue weighted by molar-refractivity contribution is 7.89. The molecule has 1 aliphatic carbocycles. The second-order valence-corrected chi connectivity index (χ2v) is 9.72. The molecule has 1 saturated heterocycles. The molecule has 2 aliphatic rings. The molecular formula is C16H29N3O4S. The lowest BCUT2D eigenvalue weighted by molar-refractivity contribution is -0.141. The number of carbonyl (C=O) groups excluding carboxylic acids is 2. The van der Waals surface area contributed by atoms with Gasteiger partial charge in [0, 0.05) is 25.2 Å². The lowest BCUT2D eigenvalue weighted by Gasteiger charge is -2.41. The number of hydrogen-bond acceptors (Lipinski definition) is 5. The fraction of sp³-hybridized carbons (Fsp3) is 0.875. The lowest BCUT2D eigenvalue weighted by atomic mass is 9.87. The predicted molar refractivity (Wildman–Crippen MR) is 91.6 cm³/mol. The van der Waals surface area contributed by atoms with Crippen LogP contribution in [0.3, 0.4) is 0 Å². The summed E-state index contributed by atoms with van der Waals surface area (Å²) in [6.07, 6.45) is 3.06. The van der Waals surface area contributed by atoms with Gasteiger partial charge in [-0.1, -0.05) is 0 Å². The fourth-order valence-electron chi connectivity index (χ4n) is 3.65. The molecular weight excluding hydrogens is 330 g/mol. The van der Waals surface area contributed by atoms with E-state index in [9.17, 15) is 18.0 Å². The van der Waals surface area contributed by atoms with E-state index in [1.165, 1.54) is 13.8 Å². The van der Waals surface area contributed by atoms with Crippen LogP contribution < -0.4 is 10.0 Å². The van der Waals surface area contributed by atoms with Crippen molar-refractivity contribution < 1.29 is 18.0 Å². The van der Waals surface area contributed by atoms with Crippen molar-refractivity contribution in [2.24, 2.45) is 17.3 Å². The zero-order valence-corrected chi connectivity index (χ0v) is 15.9. The molecule has 24 heavy (non-hydrogen) atoms. The highest BCUT2D eigenvalue weighted by Gasteiger charge is 2.46. The zero-order valence-electron chi connectivity index (χ0n) is 15.1. The summed E-state index contributed by atoms with van der Waals surface area (Å²) >= 11 is 0. The van der Waals surface area contributed by atoms with Gasteiger partial charge < -0.3 is 10.2 Å². The van der Waals surface area contributed by atoms with E-state index in [1.807, 2.05) is 4.72 Å². The second-order valence-electron chi connectivity index (χ2n) is 7.97. The molecule has 1 heterocycles. The first kappa shape index (κ1) is 19.2. The SMILES string of the molecule is CC(C)N1C[C@H]2CC[C@@H](C1)C2NC(=O)C(C)(C)C(=O)NS(C)(=O)=O. The maximum absolute atomic E-state index is 12.6. The number of nitrogens with zero attached hydrogens (tertiary/aromatic N) is 1. The summed E-state index contributed by atoms with van der Waals surface area (Å²) in [7, 11) is -3.69. The van der Waals surface area contributed by atoms with Crippen LogP contribution in [0, 0.1) is 17.3 Å². The number of piperidine rings is 1. The first-order valence-corrected chi connectivity index (χ1v) is 10.4. The van der Waals surface area contributed by atoms with E-state index in [4.69, 9.17) is 0 Å². The standard InChI is InChI=1S/C16H29N3O4S/c1-10(2)19-8-11-6-7-12(9-19)13(11)17-14(20)16(3,4)15(21)18-24(5,22)23/h10-13H,6-9H2,1-5H3,(H,17,20)(H,18,21)/t11-,12+,13?. The molecule has 2 rings (SSSR count).